The second-order valence-corrected chi connectivity index (χ2v) is 6.76. The summed E-state index contributed by atoms with van der Waals surface area (Å²) in [5.41, 5.74) is 4.10. The van der Waals surface area contributed by atoms with Crippen LogP contribution in [0.2, 0.25) is 0 Å². The molecule has 0 radical (unpaired) electrons. The first-order valence-corrected chi connectivity index (χ1v) is 9.31. The number of carbonyl (C=O) groups excluding carboxylic acids is 2. The zero-order valence-corrected chi connectivity index (χ0v) is 16.4. The van der Waals surface area contributed by atoms with E-state index in [0.717, 1.165) is 28.6 Å². The van der Waals surface area contributed by atoms with Gasteiger partial charge in [-0.1, -0.05) is 36.4 Å². The normalized spacial score (nSPS) is 10.6. The SMILES string of the molecule is Cc1nn(Cc2ccccc2)c(C)c1CNC(=O)CNC(=O)c1cccc(F)c1. The third-order valence-corrected chi connectivity index (χ3v) is 4.67. The predicted octanol–water partition coefficient (Wildman–Crippen LogP) is 2.73. The van der Waals surface area contributed by atoms with Gasteiger partial charge in [0.05, 0.1) is 18.8 Å². The molecular formula is C22H23FN4O2. The van der Waals surface area contributed by atoms with E-state index < -0.39 is 11.7 Å². The van der Waals surface area contributed by atoms with Crippen molar-refractivity contribution in [3.63, 3.8) is 0 Å². The number of hydrogen-bond donors (Lipinski definition) is 2. The summed E-state index contributed by atoms with van der Waals surface area (Å²) in [4.78, 5) is 24.1. The first kappa shape index (κ1) is 20.3. The summed E-state index contributed by atoms with van der Waals surface area (Å²) >= 11 is 0. The molecule has 0 saturated carbocycles. The van der Waals surface area contributed by atoms with Crippen molar-refractivity contribution in [2.24, 2.45) is 0 Å². The molecule has 0 bridgehead atoms. The van der Waals surface area contributed by atoms with Gasteiger partial charge in [-0.05, 0) is 37.6 Å². The molecule has 1 heterocycles. The van der Waals surface area contributed by atoms with Crippen molar-refractivity contribution < 1.29 is 14.0 Å². The van der Waals surface area contributed by atoms with Crippen molar-refractivity contribution in [3.8, 4) is 0 Å². The van der Waals surface area contributed by atoms with Gasteiger partial charge in [0.1, 0.15) is 5.82 Å². The van der Waals surface area contributed by atoms with Gasteiger partial charge in [-0.25, -0.2) is 4.39 Å². The van der Waals surface area contributed by atoms with Crippen LogP contribution in [0.3, 0.4) is 0 Å². The van der Waals surface area contributed by atoms with E-state index in [9.17, 15) is 14.0 Å². The molecule has 0 atom stereocenters. The first-order chi connectivity index (χ1) is 13.9. The molecule has 29 heavy (non-hydrogen) atoms. The molecule has 0 fully saturated rings. The Hall–Kier alpha value is -3.48. The lowest BCUT2D eigenvalue weighted by molar-refractivity contribution is -0.120. The number of halogens is 1. The van der Waals surface area contributed by atoms with Crippen LogP contribution in [0.25, 0.3) is 0 Å². The van der Waals surface area contributed by atoms with E-state index in [2.05, 4.69) is 15.7 Å². The second-order valence-electron chi connectivity index (χ2n) is 6.76. The summed E-state index contributed by atoms with van der Waals surface area (Å²) in [6, 6.07) is 15.3. The van der Waals surface area contributed by atoms with Crippen LogP contribution in [0.4, 0.5) is 4.39 Å². The molecular weight excluding hydrogens is 371 g/mol. The molecule has 2 N–H and O–H groups in total. The van der Waals surface area contributed by atoms with Crippen molar-refractivity contribution in [1.82, 2.24) is 20.4 Å². The fourth-order valence-electron chi connectivity index (χ4n) is 3.04. The van der Waals surface area contributed by atoms with Crippen LogP contribution in [0.5, 0.6) is 0 Å². The van der Waals surface area contributed by atoms with E-state index in [4.69, 9.17) is 0 Å². The number of aryl methyl sites for hydroxylation is 1. The molecule has 2 aromatic carbocycles. The van der Waals surface area contributed by atoms with Crippen molar-refractivity contribution in [2.75, 3.05) is 6.54 Å². The van der Waals surface area contributed by atoms with Crippen LogP contribution >= 0.6 is 0 Å². The zero-order chi connectivity index (χ0) is 20.8. The average Bonchev–Trinajstić information content (AvgIpc) is 2.98. The van der Waals surface area contributed by atoms with E-state index in [-0.39, 0.29) is 18.0 Å². The molecule has 0 aliphatic heterocycles. The number of nitrogens with zero attached hydrogens (tertiary/aromatic N) is 2. The smallest absolute Gasteiger partial charge is 0.251 e. The van der Waals surface area contributed by atoms with E-state index in [1.807, 2.05) is 48.9 Å². The van der Waals surface area contributed by atoms with Gasteiger partial charge < -0.3 is 10.6 Å². The number of nitrogens with one attached hydrogen (secondary N) is 2. The summed E-state index contributed by atoms with van der Waals surface area (Å²) in [5, 5.41) is 9.85. The quantitative estimate of drug-likeness (QED) is 0.647. The Morgan fingerprint density at radius 1 is 1.03 bits per heavy atom. The van der Waals surface area contributed by atoms with Crippen LogP contribution < -0.4 is 10.6 Å². The predicted molar refractivity (Wildman–Crippen MR) is 108 cm³/mol. The zero-order valence-electron chi connectivity index (χ0n) is 16.4. The maximum absolute atomic E-state index is 13.2. The lowest BCUT2D eigenvalue weighted by Crippen LogP contribution is -2.36. The summed E-state index contributed by atoms with van der Waals surface area (Å²) in [7, 11) is 0. The number of benzene rings is 2. The molecule has 3 aromatic rings. The number of carbonyl (C=O) groups is 2. The van der Waals surface area contributed by atoms with E-state index in [0.29, 0.717) is 13.1 Å². The molecule has 0 unspecified atom stereocenters. The highest BCUT2D eigenvalue weighted by atomic mass is 19.1. The van der Waals surface area contributed by atoms with Crippen molar-refractivity contribution in [3.05, 3.63) is 88.5 Å². The standard InChI is InChI=1S/C22H23FN4O2/c1-15-20(16(2)27(26-15)14-17-7-4-3-5-8-17)12-24-21(28)13-25-22(29)18-9-6-10-19(23)11-18/h3-11H,12-14H2,1-2H3,(H,24,28)(H,25,29). The Morgan fingerprint density at radius 3 is 2.52 bits per heavy atom. The van der Waals surface area contributed by atoms with Gasteiger partial charge >= 0.3 is 0 Å². The fourth-order valence-corrected chi connectivity index (χ4v) is 3.04. The molecule has 2 amide bonds. The lowest BCUT2D eigenvalue weighted by atomic mass is 10.2. The van der Waals surface area contributed by atoms with Crippen LogP contribution in [-0.4, -0.2) is 28.1 Å². The van der Waals surface area contributed by atoms with Crippen molar-refractivity contribution >= 4 is 11.8 Å². The number of hydrogen-bond acceptors (Lipinski definition) is 3. The fraction of sp³-hybridized carbons (Fsp3) is 0.227. The minimum Gasteiger partial charge on any atom is -0.350 e. The Bertz CT molecular complexity index is 1010. The molecule has 150 valence electrons. The highest BCUT2D eigenvalue weighted by Crippen LogP contribution is 2.14. The molecule has 3 rings (SSSR count). The van der Waals surface area contributed by atoms with E-state index >= 15 is 0 Å². The molecule has 0 aliphatic carbocycles. The largest absolute Gasteiger partial charge is 0.350 e. The van der Waals surface area contributed by atoms with Crippen molar-refractivity contribution in [2.45, 2.75) is 26.9 Å². The Kier molecular flexibility index (Phi) is 6.39. The van der Waals surface area contributed by atoms with Gasteiger partial charge in [-0.2, -0.15) is 5.10 Å². The van der Waals surface area contributed by atoms with Gasteiger partial charge in [0.25, 0.3) is 5.91 Å². The Labute approximate surface area is 168 Å². The van der Waals surface area contributed by atoms with Gasteiger partial charge in [0, 0.05) is 23.4 Å². The molecule has 0 aliphatic rings. The summed E-state index contributed by atoms with van der Waals surface area (Å²) in [5.74, 6) is -1.33. The maximum Gasteiger partial charge on any atom is 0.251 e. The molecule has 0 saturated heterocycles. The molecule has 6 nitrogen and oxygen atoms in total. The van der Waals surface area contributed by atoms with Crippen LogP contribution in [-0.2, 0) is 17.9 Å². The first-order valence-electron chi connectivity index (χ1n) is 9.31. The van der Waals surface area contributed by atoms with Crippen molar-refractivity contribution in [1.29, 1.82) is 0 Å². The van der Waals surface area contributed by atoms with E-state index in [1.165, 1.54) is 18.2 Å². The molecule has 0 spiro atoms. The highest BCUT2D eigenvalue weighted by molar-refractivity contribution is 5.96. The third-order valence-electron chi connectivity index (χ3n) is 4.67. The summed E-state index contributed by atoms with van der Waals surface area (Å²) in [6.45, 7) is 4.66. The van der Waals surface area contributed by atoms with Gasteiger partial charge in [-0.15, -0.1) is 0 Å². The average molecular weight is 394 g/mol. The lowest BCUT2D eigenvalue weighted by Gasteiger charge is -2.08. The van der Waals surface area contributed by atoms with Crippen LogP contribution in [0.1, 0.15) is 32.9 Å². The molecule has 1 aromatic heterocycles. The minimum absolute atomic E-state index is 0.173. The topological polar surface area (TPSA) is 76.0 Å². The van der Waals surface area contributed by atoms with Crippen LogP contribution in [0.15, 0.2) is 54.6 Å². The highest BCUT2D eigenvalue weighted by Gasteiger charge is 2.14. The van der Waals surface area contributed by atoms with Gasteiger partial charge in [0.15, 0.2) is 0 Å². The number of rotatable bonds is 7. The Morgan fingerprint density at radius 2 is 1.79 bits per heavy atom. The Balaban J connectivity index is 1.54. The molecule has 7 heteroatoms. The maximum atomic E-state index is 13.2. The van der Waals surface area contributed by atoms with Gasteiger partial charge in [-0.3, -0.25) is 14.3 Å². The summed E-state index contributed by atoms with van der Waals surface area (Å²) in [6.07, 6.45) is 0. The third kappa shape index (κ3) is 5.28. The van der Waals surface area contributed by atoms with Gasteiger partial charge in [0.2, 0.25) is 5.91 Å². The van der Waals surface area contributed by atoms with Crippen LogP contribution in [0, 0.1) is 19.7 Å². The monoisotopic (exact) mass is 394 g/mol. The number of aromatic nitrogens is 2. The minimum atomic E-state index is -0.499. The number of amides is 2. The second kappa shape index (κ2) is 9.14. The summed E-state index contributed by atoms with van der Waals surface area (Å²) < 4.78 is 15.1. The van der Waals surface area contributed by atoms with E-state index in [1.54, 1.807) is 0 Å².